The van der Waals surface area contributed by atoms with Gasteiger partial charge in [0.15, 0.2) is 0 Å². The molecule has 4 rings (SSSR count). The lowest BCUT2D eigenvalue weighted by atomic mass is 9.99. The van der Waals surface area contributed by atoms with E-state index in [4.69, 9.17) is 4.74 Å². The number of rotatable bonds is 9. The summed E-state index contributed by atoms with van der Waals surface area (Å²) in [7, 11) is -7.13. The van der Waals surface area contributed by atoms with Gasteiger partial charge < -0.3 is 10.1 Å². The van der Waals surface area contributed by atoms with E-state index in [0.29, 0.717) is 38.2 Å². The first-order valence-electron chi connectivity index (χ1n) is 12.8. The zero-order valence-electron chi connectivity index (χ0n) is 21.1. The highest BCUT2D eigenvalue weighted by atomic mass is 32.2. The number of benzene rings is 2. The summed E-state index contributed by atoms with van der Waals surface area (Å²) in [4.78, 5) is 13.2. The van der Waals surface area contributed by atoms with E-state index in [2.05, 4.69) is 5.32 Å². The number of carbonyl (C=O) groups excluding carboxylic acids is 1. The van der Waals surface area contributed by atoms with Crippen molar-refractivity contribution in [1.82, 2.24) is 13.9 Å². The molecule has 2 aromatic carbocycles. The second kappa shape index (κ2) is 11.9. The number of nitrogens with one attached hydrogen (secondary N) is 1. The van der Waals surface area contributed by atoms with Crippen molar-refractivity contribution in [2.75, 3.05) is 39.3 Å². The average molecular weight is 550 g/mol. The number of nitrogens with zero attached hydrogens (tertiary/aromatic N) is 2. The average Bonchev–Trinajstić information content (AvgIpc) is 2.92. The molecule has 2 aliphatic heterocycles. The molecular formula is C26H35N3O6S2. The van der Waals surface area contributed by atoms with E-state index < -0.39 is 26.0 Å². The normalized spacial score (nSPS) is 19.9. The molecule has 0 saturated carbocycles. The summed E-state index contributed by atoms with van der Waals surface area (Å²) in [6, 6.07) is 13.1. The summed E-state index contributed by atoms with van der Waals surface area (Å²) in [6.07, 6.45) is 4.06. The van der Waals surface area contributed by atoms with Crippen molar-refractivity contribution in [1.29, 1.82) is 0 Å². The van der Waals surface area contributed by atoms with Crippen molar-refractivity contribution in [3.05, 3.63) is 54.1 Å². The second-order valence-corrected chi connectivity index (χ2v) is 13.5. The number of sulfonamides is 2. The first-order valence-corrected chi connectivity index (χ1v) is 15.6. The summed E-state index contributed by atoms with van der Waals surface area (Å²) in [5.74, 6) is -0.108. The maximum atomic E-state index is 13.0. The first-order chi connectivity index (χ1) is 17.7. The van der Waals surface area contributed by atoms with Crippen molar-refractivity contribution in [2.24, 2.45) is 5.92 Å². The summed E-state index contributed by atoms with van der Waals surface area (Å²) in [5, 5.41) is 2.83. The van der Waals surface area contributed by atoms with Crippen LogP contribution in [0.15, 0.2) is 58.3 Å². The standard InChI is InChI=1S/C26H35N3O6S2/c1-21-7-11-24(12-8-21)37(33,34)29-18-5-6-22(20-29)26(30)27-15-19-35-23-9-13-25(14-10-23)36(31,32)28-16-3-2-4-17-28/h7-14,22H,2-6,15-20H2,1H3,(H,27,30). The SMILES string of the molecule is Cc1ccc(S(=O)(=O)N2CCCC(C(=O)NCCOc3ccc(S(=O)(=O)N4CCCCC4)cc3)C2)cc1. The van der Waals surface area contributed by atoms with E-state index in [9.17, 15) is 21.6 Å². The summed E-state index contributed by atoms with van der Waals surface area (Å²) < 4.78 is 60.1. The summed E-state index contributed by atoms with van der Waals surface area (Å²) >= 11 is 0. The van der Waals surface area contributed by atoms with Crippen LogP contribution in [-0.2, 0) is 24.8 Å². The van der Waals surface area contributed by atoms with E-state index in [1.807, 2.05) is 6.92 Å². The van der Waals surface area contributed by atoms with Crippen molar-refractivity contribution >= 4 is 26.0 Å². The number of piperidine rings is 2. The minimum atomic E-state index is -3.65. The number of aryl methyl sites for hydroxylation is 1. The Bertz CT molecular complexity index is 1270. The monoisotopic (exact) mass is 549 g/mol. The van der Waals surface area contributed by atoms with Gasteiger partial charge in [0, 0.05) is 26.2 Å². The fourth-order valence-electron chi connectivity index (χ4n) is 4.68. The molecule has 1 unspecified atom stereocenters. The molecule has 11 heteroatoms. The number of hydrogen-bond donors (Lipinski definition) is 1. The Morgan fingerprint density at radius 2 is 1.41 bits per heavy atom. The maximum Gasteiger partial charge on any atom is 0.243 e. The molecule has 37 heavy (non-hydrogen) atoms. The van der Waals surface area contributed by atoms with Crippen LogP contribution in [0.5, 0.6) is 5.75 Å². The van der Waals surface area contributed by atoms with Gasteiger partial charge in [-0.2, -0.15) is 8.61 Å². The van der Waals surface area contributed by atoms with Crippen LogP contribution in [0, 0.1) is 12.8 Å². The van der Waals surface area contributed by atoms with Crippen molar-refractivity contribution in [3.8, 4) is 5.75 Å². The molecule has 2 aromatic rings. The summed E-state index contributed by atoms with van der Waals surface area (Å²) in [5.41, 5.74) is 0.982. The van der Waals surface area contributed by atoms with E-state index in [-0.39, 0.29) is 35.4 Å². The van der Waals surface area contributed by atoms with Crippen LogP contribution < -0.4 is 10.1 Å². The minimum absolute atomic E-state index is 0.149. The minimum Gasteiger partial charge on any atom is -0.492 e. The van der Waals surface area contributed by atoms with E-state index in [0.717, 1.165) is 24.8 Å². The number of hydrogen-bond acceptors (Lipinski definition) is 6. The van der Waals surface area contributed by atoms with E-state index >= 15 is 0 Å². The highest BCUT2D eigenvalue weighted by molar-refractivity contribution is 7.89. The van der Waals surface area contributed by atoms with Crippen molar-refractivity contribution < 1.29 is 26.4 Å². The molecule has 2 heterocycles. The van der Waals surface area contributed by atoms with Gasteiger partial charge in [0.1, 0.15) is 12.4 Å². The van der Waals surface area contributed by atoms with Crippen LogP contribution in [0.3, 0.4) is 0 Å². The van der Waals surface area contributed by atoms with Gasteiger partial charge in [0.25, 0.3) is 0 Å². The quantitative estimate of drug-likeness (QED) is 0.482. The zero-order chi connectivity index (χ0) is 26.5. The molecule has 2 fully saturated rings. The molecule has 1 amide bonds. The third-order valence-electron chi connectivity index (χ3n) is 6.86. The predicted molar refractivity (Wildman–Crippen MR) is 140 cm³/mol. The van der Waals surface area contributed by atoms with Crippen LogP contribution in [0.2, 0.25) is 0 Å². The molecule has 1 atom stereocenters. The number of amides is 1. The Labute approximate surface area is 219 Å². The molecule has 0 aliphatic carbocycles. The molecule has 202 valence electrons. The van der Waals surface area contributed by atoms with Crippen LogP contribution in [0.1, 0.15) is 37.7 Å². The van der Waals surface area contributed by atoms with Crippen molar-refractivity contribution in [2.45, 2.75) is 48.8 Å². The van der Waals surface area contributed by atoms with E-state index in [1.165, 1.54) is 8.61 Å². The molecule has 0 aromatic heterocycles. The number of carbonyl (C=O) groups is 1. The fraction of sp³-hybridized carbons (Fsp3) is 0.500. The lowest BCUT2D eigenvalue weighted by molar-refractivity contribution is -0.126. The Balaban J connectivity index is 1.24. The van der Waals surface area contributed by atoms with Crippen LogP contribution in [-0.4, -0.2) is 70.7 Å². The molecule has 9 nitrogen and oxygen atoms in total. The largest absolute Gasteiger partial charge is 0.492 e. The van der Waals surface area contributed by atoms with Gasteiger partial charge in [-0.15, -0.1) is 0 Å². The predicted octanol–water partition coefficient (Wildman–Crippen LogP) is 2.77. The fourth-order valence-corrected chi connectivity index (χ4v) is 7.72. The highest BCUT2D eigenvalue weighted by Gasteiger charge is 2.33. The zero-order valence-corrected chi connectivity index (χ0v) is 22.8. The van der Waals surface area contributed by atoms with Gasteiger partial charge in [-0.3, -0.25) is 4.79 Å². The van der Waals surface area contributed by atoms with Gasteiger partial charge in [0.2, 0.25) is 26.0 Å². The van der Waals surface area contributed by atoms with Gasteiger partial charge in [-0.25, -0.2) is 16.8 Å². The molecular weight excluding hydrogens is 514 g/mol. The first kappa shape index (κ1) is 27.6. The molecule has 2 aliphatic rings. The lowest BCUT2D eigenvalue weighted by Gasteiger charge is -2.31. The molecule has 0 spiro atoms. The van der Waals surface area contributed by atoms with Crippen LogP contribution >= 0.6 is 0 Å². The van der Waals surface area contributed by atoms with Crippen LogP contribution in [0.25, 0.3) is 0 Å². The summed E-state index contributed by atoms with van der Waals surface area (Å²) in [6.45, 7) is 4.02. The Kier molecular flexibility index (Phi) is 8.89. The van der Waals surface area contributed by atoms with Gasteiger partial charge in [-0.05, 0) is 69.0 Å². The Morgan fingerprint density at radius 1 is 0.838 bits per heavy atom. The van der Waals surface area contributed by atoms with Crippen molar-refractivity contribution in [3.63, 3.8) is 0 Å². The molecule has 1 N–H and O–H groups in total. The molecule has 0 radical (unpaired) electrons. The number of ether oxygens (including phenoxy) is 1. The highest BCUT2D eigenvalue weighted by Crippen LogP contribution is 2.25. The second-order valence-electron chi connectivity index (χ2n) is 9.59. The molecule has 2 saturated heterocycles. The van der Waals surface area contributed by atoms with Gasteiger partial charge in [-0.1, -0.05) is 24.1 Å². The smallest absolute Gasteiger partial charge is 0.243 e. The third-order valence-corrected chi connectivity index (χ3v) is 10.7. The maximum absolute atomic E-state index is 13.0. The molecule has 0 bridgehead atoms. The topological polar surface area (TPSA) is 113 Å². The lowest BCUT2D eigenvalue weighted by Crippen LogP contribution is -2.45. The Hall–Kier alpha value is -2.47. The van der Waals surface area contributed by atoms with Gasteiger partial charge >= 0.3 is 0 Å². The van der Waals surface area contributed by atoms with Gasteiger partial charge in [0.05, 0.1) is 22.3 Å². The Morgan fingerprint density at radius 3 is 2.05 bits per heavy atom. The third kappa shape index (κ3) is 6.70. The van der Waals surface area contributed by atoms with E-state index in [1.54, 1.807) is 48.5 Å². The van der Waals surface area contributed by atoms with Crippen LogP contribution in [0.4, 0.5) is 0 Å².